The number of piperidine rings is 1. The minimum Gasteiger partial charge on any atom is -0.357 e. The van der Waals surface area contributed by atoms with Gasteiger partial charge in [0.1, 0.15) is 11.6 Å². The number of aryl methyl sites for hydroxylation is 1. The average Bonchev–Trinajstić information content (AvgIpc) is 3.20. The summed E-state index contributed by atoms with van der Waals surface area (Å²) in [5.41, 5.74) is 4.13. The van der Waals surface area contributed by atoms with Gasteiger partial charge in [-0.25, -0.2) is 13.4 Å². The van der Waals surface area contributed by atoms with Crippen LogP contribution in [0.25, 0.3) is 5.69 Å². The van der Waals surface area contributed by atoms with E-state index in [0.717, 1.165) is 65.9 Å². The number of halogens is 1. The van der Waals surface area contributed by atoms with E-state index in [2.05, 4.69) is 41.7 Å². The molecule has 0 unspecified atom stereocenters. The van der Waals surface area contributed by atoms with E-state index in [1.807, 2.05) is 31.3 Å². The van der Waals surface area contributed by atoms with Gasteiger partial charge in [0, 0.05) is 61.1 Å². The molecule has 0 saturated carbocycles. The molecule has 0 spiro atoms. The van der Waals surface area contributed by atoms with Crippen LogP contribution in [0, 0.1) is 6.92 Å². The van der Waals surface area contributed by atoms with Crippen LogP contribution in [0.2, 0.25) is 5.02 Å². The van der Waals surface area contributed by atoms with Crippen molar-refractivity contribution in [2.24, 2.45) is 4.99 Å². The molecular formula is C26H30ClN7O2S. The number of pyridine rings is 1. The number of hydrogen-bond donors (Lipinski definition) is 0. The topological polar surface area (TPSA) is 96.6 Å². The molecule has 0 bridgehead atoms. The number of fused-ring (bicyclic) bond motifs is 3. The third-order valence-electron chi connectivity index (χ3n) is 7.73. The lowest BCUT2D eigenvalue weighted by atomic mass is 9.95. The zero-order chi connectivity index (χ0) is 25.7. The van der Waals surface area contributed by atoms with Gasteiger partial charge in [0.05, 0.1) is 23.7 Å². The fourth-order valence-electron chi connectivity index (χ4n) is 5.70. The van der Waals surface area contributed by atoms with Crippen LogP contribution >= 0.6 is 11.6 Å². The summed E-state index contributed by atoms with van der Waals surface area (Å²) in [6, 6.07) is 10.1. The van der Waals surface area contributed by atoms with Gasteiger partial charge < -0.3 is 4.90 Å². The molecule has 0 radical (unpaired) electrons. The second-order valence-corrected chi connectivity index (χ2v) is 12.8. The van der Waals surface area contributed by atoms with Crippen molar-refractivity contribution < 1.29 is 8.42 Å². The van der Waals surface area contributed by atoms with Crippen molar-refractivity contribution in [1.82, 2.24) is 24.6 Å². The lowest BCUT2D eigenvalue weighted by Crippen LogP contribution is -2.52. The van der Waals surface area contributed by atoms with Crippen molar-refractivity contribution in [3.63, 3.8) is 0 Å². The highest BCUT2D eigenvalue weighted by Crippen LogP contribution is 2.35. The fraction of sp³-hybridized carbons (Fsp3) is 0.462. The van der Waals surface area contributed by atoms with E-state index in [1.165, 1.54) is 0 Å². The van der Waals surface area contributed by atoms with Crippen molar-refractivity contribution in [1.29, 1.82) is 0 Å². The number of aliphatic imine (C=N–C) groups is 1. The monoisotopic (exact) mass is 539 g/mol. The molecule has 5 heterocycles. The van der Waals surface area contributed by atoms with Gasteiger partial charge in [-0.15, -0.1) is 10.2 Å². The Morgan fingerprint density at radius 3 is 2.57 bits per heavy atom. The molecule has 2 saturated heterocycles. The Morgan fingerprint density at radius 2 is 1.86 bits per heavy atom. The van der Waals surface area contributed by atoms with Crippen LogP contribution in [-0.2, 0) is 22.9 Å². The Bertz CT molecular complexity index is 1470. The molecule has 3 aliphatic heterocycles. The van der Waals surface area contributed by atoms with Gasteiger partial charge in [-0.3, -0.25) is 14.5 Å². The van der Waals surface area contributed by atoms with Crippen LogP contribution in [0.15, 0.2) is 35.3 Å². The molecule has 0 amide bonds. The van der Waals surface area contributed by atoms with Crippen molar-refractivity contribution in [2.75, 3.05) is 36.5 Å². The standard InChI is InChI=1S/C26H30ClN7O2S/c1-17-19(12-28-2)3-6-24(29-17)32-9-7-18(8-10-32)26-31-30-25-14-33(22-15-37(35,36)16-22)13-20-11-21(27)4-5-23(20)34(25)26/h3-6,11-12,18,22H,7-10,13-16H2,1-2H3/b28-12-. The Morgan fingerprint density at radius 1 is 1.08 bits per heavy atom. The Labute approximate surface area is 222 Å². The molecule has 6 rings (SSSR count). The van der Waals surface area contributed by atoms with E-state index >= 15 is 0 Å². The van der Waals surface area contributed by atoms with Crippen molar-refractivity contribution in [3.8, 4) is 5.69 Å². The van der Waals surface area contributed by atoms with Gasteiger partial charge >= 0.3 is 0 Å². The van der Waals surface area contributed by atoms with Crippen LogP contribution in [0.1, 0.15) is 47.2 Å². The second-order valence-electron chi connectivity index (χ2n) is 10.2. The maximum Gasteiger partial charge on any atom is 0.153 e. The first-order valence-electron chi connectivity index (χ1n) is 12.6. The first-order chi connectivity index (χ1) is 17.8. The van der Waals surface area contributed by atoms with Gasteiger partial charge in [0.15, 0.2) is 15.7 Å². The summed E-state index contributed by atoms with van der Waals surface area (Å²) in [4.78, 5) is 13.5. The smallest absolute Gasteiger partial charge is 0.153 e. The molecular weight excluding hydrogens is 510 g/mol. The summed E-state index contributed by atoms with van der Waals surface area (Å²) in [5, 5.41) is 9.96. The van der Waals surface area contributed by atoms with E-state index in [4.69, 9.17) is 16.6 Å². The largest absolute Gasteiger partial charge is 0.357 e. The number of nitrogens with zero attached hydrogens (tertiary/aromatic N) is 7. The third kappa shape index (κ3) is 4.66. The minimum atomic E-state index is -2.93. The van der Waals surface area contributed by atoms with Crippen LogP contribution in [0.3, 0.4) is 0 Å². The molecule has 2 fully saturated rings. The lowest BCUT2D eigenvalue weighted by Gasteiger charge is -2.35. The van der Waals surface area contributed by atoms with E-state index in [9.17, 15) is 8.42 Å². The molecule has 194 valence electrons. The summed E-state index contributed by atoms with van der Waals surface area (Å²) < 4.78 is 26.0. The van der Waals surface area contributed by atoms with Gasteiger partial charge in [-0.2, -0.15) is 0 Å². The predicted molar refractivity (Wildman–Crippen MR) is 145 cm³/mol. The molecule has 0 aliphatic carbocycles. The number of aromatic nitrogens is 4. The molecule has 0 N–H and O–H groups in total. The summed E-state index contributed by atoms with van der Waals surface area (Å²) >= 11 is 6.38. The highest BCUT2D eigenvalue weighted by atomic mass is 35.5. The molecule has 37 heavy (non-hydrogen) atoms. The highest BCUT2D eigenvalue weighted by Gasteiger charge is 2.40. The van der Waals surface area contributed by atoms with E-state index < -0.39 is 9.84 Å². The first-order valence-corrected chi connectivity index (χ1v) is 14.8. The summed E-state index contributed by atoms with van der Waals surface area (Å²) in [5.74, 6) is 3.48. The van der Waals surface area contributed by atoms with Crippen LogP contribution in [-0.4, -0.2) is 77.0 Å². The van der Waals surface area contributed by atoms with Gasteiger partial charge in [-0.05, 0) is 55.7 Å². The maximum atomic E-state index is 11.9. The average molecular weight is 540 g/mol. The Balaban J connectivity index is 1.26. The normalized spacial score (nSPS) is 20.5. The molecule has 0 atom stereocenters. The van der Waals surface area contributed by atoms with Crippen molar-refractivity contribution in [3.05, 3.63) is 63.8 Å². The summed E-state index contributed by atoms with van der Waals surface area (Å²) in [7, 11) is -1.16. The summed E-state index contributed by atoms with van der Waals surface area (Å²) in [6.07, 6.45) is 3.74. The molecule has 3 aliphatic rings. The van der Waals surface area contributed by atoms with Crippen LogP contribution in [0.4, 0.5) is 5.82 Å². The number of hydrogen-bond acceptors (Lipinski definition) is 8. The van der Waals surface area contributed by atoms with Gasteiger partial charge in [0.2, 0.25) is 0 Å². The summed E-state index contributed by atoms with van der Waals surface area (Å²) in [6.45, 7) is 5.00. The van der Waals surface area contributed by atoms with Crippen LogP contribution in [0.5, 0.6) is 0 Å². The Kier molecular flexibility index (Phi) is 6.29. The minimum absolute atomic E-state index is 0.00212. The van der Waals surface area contributed by atoms with Gasteiger partial charge in [0.25, 0.3) is 0 Å². The number of sulfone groups is 1. The zero-order valence-corrected chi connectivity index (χ0v) is 22.6. The fourth-order valence-corrected chi connectivity index (χ4v) is 7.39. The third-order valence-corrected chi connectivity index (χ3v) is 9.75. The zero-order valence-electron chi connectivity index (χ0n) is 21.0. The Hall–Kier alpha value is -2.82. The predicted octanol–water partition coefficient (Wildman–Crippen LogP) is 3.17. The number of rotatable bonds is 4. The van der Waals surface area contributed by atoms with E-state index in [0.29, 0.717) is 18.1 Å². The quantitative estimate of drug-likeness (QED) is 0.470. The SMILES string of the molecule is C/N=C\c1ccc(N2CCC(c3nnc4n3-c3ccc(Cl)cc3CN(C3CS(=O)(=O)C3)C4)CC2)nc1C. The highest BCUT2D eigenvalue weighted by molar-refractivity contribution is 7.92. The van der Waals surface area contributed by atoms with Crippen LogP contribution < -0.4 is 4.90 Å². The van der Waals surface area contributed by atoms with Crippen molar-refractivity contribution >= 4 is 33.5 Å². The van der Waals surface area contributed by atoms with Crippen molar-refractivity contribution in [2.45, 2.75) is 44.8 Å². The molecule has 9 nitrogen and oxygen atoms in total. The maximum absolute atomic E-state index is 11.9. The van der Waals surface area contributed by atoms with E-state index in [1.54, 1.807) is 7.05 Å². The molecule has 2 aromatic heterocycles. The molecule has 11 heteroatoms. The number of anilines is 1. The molecule has 3 aromatic rings. The lowest BCUT2D eigenvalue weighted by molar-refractivity contribution is 0.193. The molecule has 1 aromatic carbocycles. The second kappa shape index (κ2) is 9.49. The first kappa shape index (κ1) is 24.5. The van der Waals surface area contributed by atoms with Gasteiger partial charge in [-0.1, -0.05) is 11.6 Å². The van der Waals surface area contributed by atoms with E-state index in [-0.39, 0.29) is 23.5 Å². The number of benzene rings is 1.